The number of thiophene rings is 1. The molecule has 0 nitrogen and oxygen atoms in total. The largest absolute Gasteiger partial charge is 0.144 e. The lowest BCUT2D eigenvalue weighted by atomic mass is 10.1. The summed E-state index contributed by atoms with van der Waals surface area (Å²) in [6, 6.07) is 13.0. The van der Waals surface area contributed by atoms with E-state index in [2.05, 4.69) is 41.8 Å². The molecule has 0 atom stereocenters. The molecular formula is C13H12S. The van der Waals surface area contributed by atoms with E-state index in [9.17, 15) is 0 Å². The molecule has 1 aliphatic carbocycles. The normalized spacial score (nSPS) is 15.7. The van der Waals surface area contributed by atoms with E-state index in [-0.39, 0.29) is 0 Å². The fourth-order valence-corrected chi connectivity index (χ4v) is 2.85. The van der Waals surface area contributed by atoms with Gasteiger partial charge in [0.05, 0.1) is 0 Å². The highest BCUT2D eigenvalue weighted by Gasteiger charge is 2.26. The van der Waals surface area contributed by atoms with Crippen LogP contribution >= 0.6 is 11.3 Å². The molecule has 0 bridgehead atoms. The smallest absolute Gasteiger partial charge is 0.0377 e. The molecule has 0 aliphatic heterocycles. The van der Waals surface area contributed by atoms with Gasteiger partial charge < -0.3 is 0 Å². The van der Waals surface area contributed by atoms with Crippen LogP contribution in [-0.4, -0.2) is 0 Å². The van der Waals surface area contributed by atoms with E-state index >= 15 is 0 Å². The maximum Gasteiger partial charge on any atom is 0.0377 e. The van der Waals surface area contributed by atoms with Crippen molar-refractivity contribution in [2.45, 2.75) is 18.8 Å². The summed E-state index contributed by atoms with van der Waals surface area (Å²) >= 11 is 1.87. The standard InChI is InChI=1S/C13H12S/c1-2-4-11(5-3-1)13-12(8-9-14-13)10-6-7-10/h1-5,8-10H,6-7H2. The molecular weight excluding hydrogens is 188 g/mol. The van der Waals surface area contributed by atoms with Crippen molar-refractivity contribution in [3.8, 4) is 10.4 Å². The number of rotatable bonds is 2. The molecule has 0 radical (unpaired) electrons. The van der Waals surface area contributed by atoms with Crippen LogP contribution in [0, 0.1) is 0 Å². The average molecular weight is 200 g/mol. The second-order valence-corrected chi connectivity index (χ2v) is 4.76. The summed E-state index contributed by atoms with van der Waals surface area (Å²) in [5.41, 5.74) is 2.95. The first-order valence-corrected chi connectivity index (χ1v) is 5.96. The summed E-state index contributed by atoms with van der Waals surface area (Å²) in [5.74, 6) is 0.858. The van der Waals surface area contributed by atoms with E-state index in [1.807, 2.05) is 11.3 Å². The van der Waals surface area contributed by atoms with Crippen molar-refractivity contribution < 1.29 is 0 Å². The minimum absolute atomic E-state index is 0.858. The highest BCUT2D eigenvalue weighted by atomic mass is 32.1. The predicted molar refractivity (Wildman–Crippen MR) is 61.7 cm³/mol. The molecule has 0 N–H and O–H groups in total. The van der Waals surface area contributed by atoms with Crippen LogP contribution in [-0.2, 0) is 0 Å². The second kappa shape index (κ2) is 3.25. The first kappa shape index (κ1) is 8.25. The quantitative estimate of drug-likeness (QED) is 0.678. The van der Waals surface area contributed by atoms with Gasteiger partial charge in [0.2, 0.25) is 0 Å². The molecule has 3 rings (SSSR count). The van der Waals surface area contributed by atoms with Gasteiger partial charge in [-0.1, -0.05) is 30.3 Å². The van der Waals surface area contributed by atoms with Crippen LogP contribution in [0.3, 0.4) is 0 Å². The van der Waals surface area contributed by atoms with Crippen LogP contribution in [0.15, 0.2) is 41.8 Å². The average Bonchev–Trinajstić information content (AvgIpc) is 2.98. The van der Waals surface area contributed by atoms with Gasteiger partial charge >= 0.3 is 0 Å². The van der Waals surface area contributed by atoms with Crippen LogP contribution in [0.4, 0.5) is 0 Å². The van der Waals surface area contributed by atoms with Crippen LogP contribution in [0.1, 0.15) is 24.3 Å². The summed E-state index contributed by atoms with van der Waals surface area (Å²) in [5, 5.41) is 2.22. The van der Waals surface area contributed by atoms with E-state index in [4.69, 9.17) is 0 Å². The van der Waals surface area contributed by atoms with Gasteiger partial charge in [0.1, 0.15) is 0 Å². The lowest BCUT2D eigenvalue weighted by Gasteiger charge is -2.01. The Bertz CT molecular complexity index is 424. The minimum Gasteiger partial charge on any atom is -0.144 e. The van der Waals surface area contributed by atoms with Gasteiger partial charge in [-0.05, 0) is 41.3 Å². The minimum atomic E-state index is 0.858. The zero-order chi connectivity index (χ0) is 9.38. The van der Waals surface area contributed by atoms with Crippen molar-refractivity contribution in [2.24, 2.45) is 0 Å². The topological polar surface area (TPSA) is 0 Å². The second-order valence-electron chi connectivity index (χ2n) is 3.85. The van der Waals surface area contributed by atoms with Crippen molar-refractivity contribution in [1.82, 2.24) is 0 Å². The van der Waals surface area contributed by atoms with Gasteiger partial charge in [-0.15, -0.1) is 11.3 Å². The van der Waals surface area contributed by atoms with E-state index < -0.39 is 0 Å². The Hall–Kier alpha value is -1.08. The highest BCUT2D eigenvalue weighted by molar-refractivity contribution is 7.13. The van der Waals surface area contributed by atoms with E-state index in [1.54, 1.807) is 5.56 Å². The fourth-order valence-electron chi connectivity index (χ4n) is 1.86. The fraction of sp³-hybridized carbons (Fsp3) is 0.231. The summed E-state index contributed by atoms with van der Waals surface area (Å²) in [6.07, 6.45) is 2.77. The Balaban J connectivity index is 2.07. The van der Waals surface area contributed by atoms with Gasteiger partial charge in [-0.2, -0.15) is 0 Å². The van der Waals surface area contributed by atoms with Crippen molar-refractivity contribution in [3.05, 3.63) is 47.3 Å². The third-order valence-electron chi connectivity index (χ3n) is 2.75. The van der Waals surface area contributed by atoms with Crippen molar-refractivity contribution in [1.29, 1.82) is 0 Å². The summed E-state index contributed by atoms with van der Waals surface area (Å²) in [6.45, 7) is 0. The molecule has 1 heterocycles. The summed E-state index contributed by atoms with van der Waals surface area (Å²) < 4.78 is 0. The highest BCUT2D eigenvalue weighted by Crippen LogP contribution is 2.46. The Kier molecular flexibility index (Phi) is 1.91. The molecule has 1 fully saturated rings. The first-order chi connectivity index (χ1) is 6.95. The van der Waals surface area contributed by atoms with Crippen LogP contribution in [0.5, 0.6) is 0 Å². The SMILES string of the molecule is c1ccc(-c2sccc2C2CC2)cc1. The lowest BCUT2D eigenvalue weighted by Crippen LogP contribution is -1.78. The molecule has 1 aromatic carbocycles. The van der Waals surface area contributed by atoms with Crippen molar-refractivity contribution >= 4 is 11.3 Å². The third kappa shape index (κ3) is 1.38. The van der Waals surface area contributed by atoms with Gasteiger partial charge in [0.15, 0.2) is 0 Å². The molecule has 0 unspecified atom stereocenters. The van der Waals surface area contributed by atoms with Crippen molar-refractivity contribution in [2.75, 3.05) is 0 Å². The van der Waals surface area contributed by atoms with Gasteiger partial charge in [-0.3, -0.25) is 0 Å². The number of benzene rings is 1. The Morgan fingerprint density at radius 1 is 1.00 bits per heavy atom. The monoisotopic (exact) mass is 200 g/mol. The molecule has 70 valence electrons. The van der Waals surface area contributed by atoms with E-state index in [1.165, 1.54) is 23.3 Å². The zero-order valence-corrected chi connectivity index (χ0v) is 8.76. The molecule has 2 aromatic rings. The molecule has 14 heavy (non-hydrogen) atoms. The third-order valence-corrected chi connectivity index (χ3v) is 3.73. The number of hydrogen-bond donors (Lipinski definition) is 0. The Morgan fingerprint density at radius 3 is 2.50 bits per heavy atom. The maximum absolute atomic E-state index is 2.30. The molecule has 0 amide bonds. The van der Waals surface area contributed by atoms with Gasteiger partial charge in [0.25, 0.3) is 0 Å². The molecule has 1 saturated carbocycles. The van der Waals surface area contributed by atoms with Crippen molar-refractivity contribution in [3.63, 3.8) is 0 Å². The molecule has 1 heteroatoms. The molecule has 0 spiro atoms. The van der Waals surface area contributed by atoms with E-state index in [0.29, 0.717) is 0 Å². The lowest BCUT2D eigenvalue weighted by molar-refractivity contribution is 1.15. The zero-order valence-electron chi connectivity index (χ0n) is 7.94. The first-order valence-electron chi connectivity index (χ1n) is 5.08. The van der Waals surface area contributed by atoms with Crippen LogP contribution in [0.2, 0.25) is 0 Å². The molecule has 1 aliphatic rings. The Labute approximate surface area is 88.2 Å². The number of hydrogen-bond acceptors (Lipinski definition) is 1. The predicted octanol–water partition coefficient (Wildman–Crippen LogP) is 4.29. The van der Waals surface area contributed by atoms with Gasteiger partial charge in [-0.25, -0.2) is 0 Å². The van der Waals surface area contributed by atoms with Gasteiger partial charge in [0, 0.05) is 4.88 Å². The van der Waals surface area contributed by atoms with E-state index in [0.717, 1.165) is 5.92 Å². The summed E-state index contributed by atoms with van der Waals surface area (Å²) in [4.78, 5) is 1.48. The molecule has 1 aromatic heterocycles. The maximum atomic E-state index is 2.30. The van der Waals surface area contributed by atoms with Crippen LogP contribution in [0.25, 0.3) is 10.4 Å². The summed E-state index contributed by atoms with van der Waals surface area (Å²) in [7, 11) is 0. The molecule has 0 saturated heterocycles. The van der Waals surface area contributed by atoms with Crippen LogP contribution < -0.4 is 0 Å². The Morgan fingerprint density at radius 2 is 1.79 bits per heavy atom.